The van der Waals surface area contributed by atoms with Crippen LogP contribution in [0.5, 0.6) is 0 Å². The van der Waals surface area contributed by atoms with Crippen LogP contribution in [-0.2, 0) is 20.7 Å². The van der Waals surface area contributed by atoms with E-state index in [0.717, 1.165) is 0 Å². The van der Waals surface area contributed by atoms with E-state index in [1.165, 1.54) is 6.26 Å². The Kier molecular flexibility index (Phi) is 5.70. The van der Waals surface area contributed by atoms with Crippen LogP contribution in [0, 0.1) is 0 Å². The van der Waals surface area contributed by atoms with Crippen LogP contribution in [0.1, 0.15) is 25.5 Å². The van der Waals surface area contributed by atoms with Gasteiger partial charge in [0, 0.05) is 18.4 Å². The van der Waals surface area contributed by atoms with Crippen molar-refractivity contribution in [1.82, 2.24) is 0 Å². The van der Waals surface area contributed by atoms with Gasteiger partial charge in [-0.05, 0) is 25.5 Å². The van der Waals surface area contributed by atoms with E-state index in [0.29, 0.717) is 24.2 Å². The summed E-state index contributed by atoms with van der Waals surface area (Å²) in [5, 5.41) is 8.56. The fourth-order valence-electron chi connectivity index (χ4n) is 1.42. The maximum atomic E-state index is 11.7. The van der Waals surface area contributed by atoms with Crippen LogP contribution in [0.25, 0.3) is 0 Å². The first kappa shape index (κ1) is 14.0. The van der Waals surface area contributed by atoms with Gasteiger partial charge < -0.3 is 14.3 Å². The van der Waals surface area contributed by atoms with Gasteiger partial charge in [-0.25, -0.2) is 4.79 Å². The van der Waals surface area contributed by atoms with Crippen molar-refractivity contribution in [2.75, 3.05) is 6.61 Å². The number of hydrogen-bond acceptors (Lipinski definition) is 4. The molecule has 0 atom stereocenters. The fourth-order valence-corrected chi connectivity index (χ4v) is 1.42. The van der Waals surface area contributed by atoms with Crippen molar-refractivity contribution in [3.8, 4) is 0 Å². The highest BCUT2D eigenvalue weighted by Gasteiger charge is 2.12. The summed E-state index contributed by atoms with van der Waals surface area (Å²) in [4.78, 5) is 22.1. The van der Waals surface area contributed by atoms with Crippen LogP contribution >= 0.6 is 0 Å². The average molecular weight is 252 g/mol. The Hall–Kier alpha value is -2.04. The Morgan fingerprint density at radius 1 is 1.50 bits per heavy atom. The zero-order chi connectivity index (χ0) is 13.4. The topological polar surface area (TPSA) is 76.7 Å². The molecule has 1 N–H and O–H groups in total. The number of hydrogen-bond donors (Lipinski definition) is 1. The number of aliphatic carboxylic acids is 1. The lowest BCUT2D eigenvalue weighted by molar-refractivity contribution is -0.139. The average Bonchev–Trinajstić information content (AvgIpc) is 2.80. The number of carbonyl (C=O) groups is 2. The van der Waals surface area contributed by atoms with Gasteiger partial charge in [0.2, 0.25) is 0 Å². The largest absolute Gasteiger partial charge is 0.481 e. The molecule has 18 heavy (non-hydrogen) atoms. The predicted molar refractivity (Wildman–Crippen MR) is 64.0 cm³/mol. The van der Waals surface area contributed by atoms with E-state index >= 15 is 0 Å². The third-order valence-electron chi connectivity index (χ3n) is 2.23. The van der Waals surface area contributed by atoms with Crippen molar-refractivity contribution in [2.45, 2.75) is 26.2 Å². The molecule has 5 nitrogen and oxygen atoms in total. The number of carboxylic acids is 1. The highest BCUT2D eigenvalue weighted by molar-refractivity contribution is 5.88. The van der Waals surface area contributed by atoms with E-state index in [2.05, 4.69) is 0 Å². The first-order chi connectivity index (χ1) is 8.63. The number of esters is 1. The molecular weight excluding hydrogens is 236 g/mol. The van der Waals surface area contributed by atoms with Crippen molar-refractivity contribution >= 4 is 11.9 Å². The Morgan fingerprint density at radius 3 is 2.83 bits per heavy atom. The second kappa shape index (κ2) is 7.32. The number of carbonyl (C=O) groups excluding carboxylic acids is 1. The van der Waals surface area contributed by atoms with Crippen molar-refractivity contribution in [1.29, 1.82) is 0 Å². The summed E-state index contributed by atoms with van der Waals surface area (Å²) in [5.41, 5.74) is 0.424. The molecule has 1 heterocycles. The van der Waals surface area contributed by atoms with Gasteiger partial charge in [0.05, 0.1) is 12.9 Å². The Balaban J connectivity index is 2.68. The van der Waals surface area contributed by atoms with Crippen molar-refractivity contribution in [3.63, 3.8) is 0 Å². The van der Waals surface area contributed by atoms with Crippen LogP contribution in [0.4, 0.5) is 0 Å². The van der Waals surface area contributed by atoms with Gasteiger partial charge in [0.25, 0.3) is 0 Å². The molecule has 5 heteroatoms. The molecule has 98 valence electrons. The van der Waals surface area contributed by atoms with Gasteiger partial charge in [-0.2, -0.15) is 0 Å². The maximum Gasteiger partial charge on any atom is 0.334 e. The molecule has 0 saturated carbocycles. The summed E-state index contributed by atoms with van der Waals surface area (Å²) in [6.07, 6.45) is 3.71. The lowest BCUT2D eigenvalue weighted by atomic mass is 10.1. The highest BCUT2D eigenvalue weighted by atomic mass is 16.5. The molecule has 0 radical (unpaired) electrons. The van der Waals surface area contributed by atoms with E-state index in [4.69, 9.17) is 14.3 Å². The minimum atomic E-state index is -0.896. The molecule has 0 bridgehead atoms. The van der Waals surface area contributed by atoms with Crippen LogP contribution < -0.4 is 0 Å². The van der Waals surface area contributed by atoms with E-state index in [1.54, 1.807) is 25.1 Å². The Bertz CT molecular complexity index is 417. The third kappa shape index (κ3) is 4.86. The number of carboxylic acid groups (broad SMARTS) is 1. The smallest absolute Gasteiger partial charge is 0.334 e. The molecule has 0 saturated heterocycles. The molecule has 0 aliphatic carbocycles. The second-order valence-corrected chi connectivity index (χ2v) is 3.64. The predicted octanol–water partition coefficient (Wildman–Crippen LogP) is 2.18. The van der Waals surface area contributed by atoms with Gasteiger partial charge in [-0.1, -0.05) is 6.08 Å². The third-order valence-corrected chi connectivity index (χ3v) is 2.23. The summed E-state index contributed by atoms with van der Waals surface area (Å²) in [5.74, 6) is -0.684. The standard InChI is InChI=1S/C13H16O5/c1-2-17-13(16)10(5-3-7-12(14)15)9-11-6-4-8-18-11/h4-6,8H,2-3,7,9H2,1H3,(H,14,15). The summed E-state index contributed by atoms with van der Waals surface area (Å²) in [6, 6.07) is 3.49. The lowest BCUT2D eigenvalue weighted by Gasteiger charge is -2.05. The summed E-state index contributed by atoms with van der Waals surface area (Å²) in [7, 11) is 0. The molecule has 0 aliphatic rings. The Labute approximate surface area is 105 Å². The number of allylic oxidation sites excluding steroid dienone is 1. The molecule has 0 spiro atoms. The van der Waals surface area contributed by atoms with Gasteiger partial charge in [-0.3, -0.25) is 4.79 Å². The number of ether oxygens (including phenoxy) is 1. The fraction of sp³-hybridized carbons (Fsp3) is 0.385. The maximum absolute atomic E-state index is 11.7. The second-order valence-electron chi connectivity index (χ2n) is 3.64. The monoisotopic (exact) mass is 252 g/mol. The van der Waals surface area contributed by atoms with Gasteiger partial charge >= 0.3 is 11.9 Å². The normalized spacial score (nSPS) is 11.3. The first-order valence-electron chi connectivity index (χ1n) is 5.73. The van der Waals surface area contributed by atoms with Gasteiger partial charge in [-0.15, -0.1) is 0 Å². The summed E-state index contributed by atoms with van der Waals surface area (Å²) in [6.45, 7) is 2.01. The minimum absolute atomic E-state index is 0.0128. The Morgan fingerprint density at radius 2 is 2.28 bits per heavy atom. The van der Waals surface area contributed by atoms with E-state index in [-0.39, 0.29) is 13.0 Å². The van der Waals surface area contributed by atoms with Gasteiger partial charge in [0.15, 0.2) is 0 Å². The molecule has 0 aromatic carbocycles. The van der Waals surface area contributed by atoms with Crippen LogP contribution in [0.3, 0.4) is 0 Å². The van der Waals surface area contributed by atoms with Crippen molar-refractivity contribution in [3.05, 3.63) is 35.8 Å². The summed E-state index contributed by atoms with van der Waals surface area (Å²) >= 11 is 0. The van der Waals surface area contributed by atoms with E-state index in [9.17, 15) is 9.59 Å². The molecule has 1 rings (SSSR count). The molecule has 0 amide bonds. The van der Waals surface area contributed by atoms with E-state index < -0.39 is 11.9 Å². The van der Waals surface area contributed by atoms with Crippen LogP contribution in [0.2, 0.25) is 0 Å². The van der Waals surface area contributed by atoms with Crippen LogP contribution in [-0.4, -0.2) is 23.7 Å². The molecule has 1 aromatic heterocycles. The van der Waals surface area contributed by atoms with Crippen molar-refractivity contribution < 1.29 is 23.8 Å². The molecule has 0 unspecified atom stereocenters. The first-order valence-corrected chi connectivity index (χ1v) is 5.73. The zero-order valence-electron chi connectivity index (χ0n) is 10.2. The van der Waals surface area contributed by atoms with Crippen molar-refractivity contribution in [2.24, 2.45) is 0 Å². The summed E-state index contributed by atoms with van der Waals surface area (Å²) < 4.78 is 10.1. The van der Waals surface area contributed by atoms with E-state index in [1.807, 2.05) is 0 Å². The molecule has 0 fully saturated rings. The van der Waals surface area contributed by atoms with Crippen LogP contribution in [0.15, 0.2) is 34.5 Å². The highest BCUT2D eigenvalue weighted by Crippen LogP contribution is 2.12. The molecule has 0 aliphatic heterocycles. The lowest BCUT2D eigenvalue weighted by Crippen LogP contribution is -2.10. The molecule has 1 aromatic rings. The van der Waals surface area contributed by atoms with Gasteiger partial charge in [0.1, 0.15) is 5.76 Å². The number of rotatable bonds is 7. The minimum Gasteiger partial charge on any atom is -0.481 e. The zero-order valence-corrected chi connectivity index (χ0v) is 10.2. The SMILES string of the molecule is CCOC(=O)C(=CCCC(=O)O)Cc1ccco1. The quantitative estimate of drug-likeness (QED) is 0.594. The molecular formula is C13H16O5. The number of furan rings is 1.